The molecule has 0 aromatic heterocycles. The van der Waals surface area contributed by atoms with Crippen molar-refractivity contribution in [1.29, 1.82) is 0 Å². The number of amides is 2. The second kappa shape index (κ2) is 6.27. The van der Waals surface area contributed by atoms with Crippen molar-refractivity contribution in [3.05, 3.63) is 23.8 Å². The third-order valence-electron chi connectivity index (χ3n) is 5.90. The van der Waals surface area contributed by atoms with Crippen LogP contribution in [0, 0.1) is 12.3 Å². The van der Waals surface area contributed by atoms with E-state index in [0.29, 0.717) is 18.0 Å². The number of rotatable bonds is 5. The van der Waals surface area contributed by atoms with Gasteiger partial charge in [-0.1, -0.05) is 6.07 Å². The first-order valence-corrected chi connectivity index (χ1v) is 9.52. The van der Waals surface area contributed by atoms with Crippen LogP contribution in [0.15, 0.2) is 18.2 Å². The van der Waals surface area contributed by atoms with Crippen molar-refractivity contribution in [1.82, 2.24) is 10.2 Å². The van der Waals surface area contributed by atoms with E-state index in [1.807, 2.05) is 19.1 Å². The molecule has 6 heteroatoms. The van der Waals surface area contributed by atoms with Gasteiger partial charge in [0.15, 0.2) is 0 Å². The van der Waals surface area contributed by atoms with Crippen LogP contribution in [0.4, 0.5) is 5.69 Å². The fourth-order valence-electron chi connectivity index (χ4n) is 3.91. The van der Waals surface area contributed by atoms with Crippen molar-refractivity contribution in [2.24, 2.45) is 5.41 Å². The minimum atomic E-state index is -1.54. The molecule has 1 aliphatic carbocycles. The molecule has 4 rings (SSSR count). The Morgan fingerprint density at radius 1 is 1.31 bits per heavy atom. The smallest absolute Gasteiger partial charge is 0.278 e. The predicted molar refractivity (Wildman–Crippen MR) is 99.2 cm³/mol. The summed E-state index contributed by atoms with van der Waals surface area (Å²) in [6.07, 6.45) is 4.81. The van der Waals surface area contributed by atoms with E-state index in [1.165, 1.54) is 12.8 Å². The summed E-state index contributed by atoms with van der Waals surface area (Å²) in [5, 5.41) is 5.80. The number of fused-ring (bicyclic) bond motifs is 1. The van der Waals surface area contributed by atoms with E-state index in [0.717, 1.165) is 38.0 Å². The molecule has 6 nitrogen and oxygen atoms in total. The Labute approximate surface area is 154 Å². The summed E-state index contributed by atoms with van der Waals surface area (Å²) in [4.78, 5) is 27.8. The number of nitrogens with one attached hydrogen (secondary N) is 2. The molecule has 2 aliphatic heterocycles. The monoisotopic (exact) mass is 357 g/mol. The topological polar surface area (TPSA) is 70.7 Å². The van der Waals surface area contributed by atoms with Crippen LogP contribution in [0.3, 0.4) is 0 Å². The molecule has 2 N–H and O–H groups in total. The second-order valence-corrected chi connectivity index (χ2v) is 8.25. The van der Waals surface area contributed by atoms with E-state index in [9.17, 15) is 9.59 Å². The molecule has 1 saturated carbocycles. The maximum absolute atomic E-state index is 12.8. The lowest BCUT2D eigenvalue weighted by atomic mass is 10.00. The number of nitrogens with zero attached hydrogens (tertiary/aromatic N) is 1. The quantitative estimate of drug-likeness (QED) is 0.792. The molecular weight excluding hydrogens is 330 g/mol. The first-order chi connectivity index (χ1) is 12.4. The van der Waals surface area contributed by atoms with Gasteiger partial charge in [0.2, 0.25) is 0 Å². The molecule has 1 aromatic rings. The van der Waals surface area contributed by atoms with E-state index in [-0.39, 0.29) is 11.3 Å². The van der Waals surface area contributed by atoms with Gasteiger partial charge in [0.1, 0.15) is 5.75 Å². The van der Waals surface area contributed by atoms with Crippen LogP contribution >= 0.6 is 0 Å². The van der Waals surface area contributed by atoms with Crippen LogP contribution in [0.25, 0.3) is 0 Å². The lowest BCUT2D eigenvalue weighted by Gasteiger charge is -2.34. The number of likely N-dealkylation sites (tertiary alicyclic amines) is 1. The van der Waals surface area contributed by atoms with Crippen LogP contribution in [0.2, 0.25) is 0 Å². The third kappa shape index (κ3) is 3.18. The summed E-state index contributed by atoms with van der Waals surface area (Å²) < 4.78 is 5.83. The molecule has 3 aliphatic rings. The van der Waals surface area contributed by atoms with Crippen LogP contribution in [0.1, 0.15) is 38.2 Å². The van der Waals surface area contributed by atoms with Crippen LogP contribution in [-0.2, 0) is 9.59 Å². The molecule has 1 aromatic carbocycles. The summed E-state index contributed by atoms with van der Waals surface area (Å²) in [5.74, 6) is -0.252. The molecule has 1 atom stereocenters. The van der Waals surface area contributed by atoms with Gasteiger partial charge in [-0.2, -0.15) is 0 Å². The third-order valence-corrected chi connectivity index (χ3v) is 5.90. The number of anilines is 1. The number of carbonyl (C=O) groups is 2. The molecule has 2 heterocycles. The van der Waals surface area contributed by atoms with Gasteiger partial charge < -0.3 is 20.3 Å². The zero-order valence-electron chi connectivity index (χ0n) is 15.6. The summed E-state index contributed by atoms with van der Waals surface area (Å²) in [6.45, 7) is 7.46. The SMILES string of the molecule is Cc1ccc2c(c1)NC(=O)C(C)(C(=O)NCC1(CN3CCCC3)CC1)O2. The first kappa shape index (κ1) is 17.3. The van der Waals surface area contributed by atoms with Gasteiger partial charge in [-0.15, -0.1) is 0 Å². The van der Waals surface area contributed by atoms with Gasteiger partial charge in [0.05, 0.1) is 5.69 Å². The molecule has 140 valence electrons. The molecule has 1 unspecified atom stereocenters. The number of carbonyl (C=O) groups excluding carboxylic acids is 2. The van der Waals surface area contributed by atoms with Crippen molar-refractivity contribution in [3.63, 3.8) is 0 Å². The van der Waals surface area contributed by atoms with Crippen LogP contribution in [0.5, 0.6) is 5.75 Å². The fourth-order valence-corrected chi connectivity index (χ4v) is 3.91. The molecule has 26 heavy (non-hydrogen) atoms. The minimum Gasteiger partial charge on any atom is -0.466 e. The first-order valence-electron chi connectivity index (χ1n) is 9.52. The number of benzene rings is 1. The molecule has 2 amide bonds. The van der Waals surface area contributed by atoms with Crippen LogP contribution < -0.4 is 15.4 Å². The highest BCUT2D eigenvalue weighted by Crippen LogP contribution is 2.46. The van der Waals surface area contributed by atoms with Crippen molar-refractivity contribution in [2.75, 3.05) is 31.5 Å². The lowest BCUT2D eigenvalue weighted by Crippen LogP contribution is -2.59. The van der Waals surface area contributed by atoms with E-state index in [1.54, 1.807) is 13.0 Å². The van der Waals surface area contributed by atoms with E-state index in [2.05, 4.69) is 15.5 Å². The van der Waals surface area contributed by atoms with E-state index in [4.69, 9.17) is 4.74 Å². The molecule has 1 saturated heterocycles. The Morgan fingerprint density at radius 3 is 2.73 bits per heavy atom. The highest BCUT2D eigenvalue weighted by Gasteiger charge is 2.50. The van der Waals surface area contributed by atoms with Crippen LogP contribution in [-0.4, -0.2) is 48.5 Å². The fraction of sp³-hybridized carbons (Fsp3) is 0.600. The normalized spacial score (nSPS) is 26.6. The minimum absolute atomic E-state index is 0.177. The van der Waals surface area contributed by atoms with Gasteiger partial charge >= 0.3 is 0 Å². The van der Waals surface area contributed by atoms with E-state index < -0.39 is 11.5 Å². The van der Waals surface area contributed by atoms with Crippen molar-refractivity contribution in [2.45, 2.75) is 45.1 Å². The molecule has 0 radical (unpaired) electrons. The second-order valence-electron chi connectivity index (χ2n) is 8.25. The summed E-state index contributed by atoms with van der Waals surface area (Å²) >= 11 is 0. The zero-order chi connectivity index (χ0) is 18.4. The van der Waals surface area contributed by atoms with Gasteiger partial charge in [0.25, 0.3) is 17.4 Å². The Hall–Kier alpha value is -2.08. The highest BCUT2D eigenvalue weighted by molar-refractivity contribution is 6.15. The van der Waals surface area contributed by atoms with Crippen molar-refractivity contribution < 1.29 is 14.3 Å². The summed E-state index contributed by atoms with van der Waals surface area (Å²) in [5.41, 5.74) is 0.286. The predicted octanol–water partition coefficient (Wildman–Crippen LogP) is 2.08. The maximum atomic E-state index is 12.8. The van der Waals surface area contributed by atoms with E-state index >= 15 is 0 Å². The summed E-state index contributed by atoms with van der Waals surface area (Å²) in [6, 6.07) is 5.55. The van der Waals surface area contributed by atoms with Gasteiger partial charge in [-0.3, -0.25) is 9.59 Å². The zero-order valence-corrected chi connectivity index (χ0v) is 15.6. The lowest BCUT2D eigenvalue weighted by molar-refractivity contribution is -0.146. The summed E-state index contributed by atoms with van der Waals surface area (Å²) in [7, 11) is 0. The Balaban J connectivity index is 1.41. The van der Waals surface area contributed by atoms with Crippen molar-refractivity contribution in [3.8, 4) is 5.75 Å². The maximum Gasteiger partial charge on any atom is 0.278 e. The van der Waals surface area contributed by atoms with Gasteiger partial charge in [-0.05, 0) is 70.3 Å². The Bertz CT molecular complexity index is 738. The van der Waals surface area contributed by atoms with Gasteiger partial charge in [-0.25, -0.2) is 0 Å². The molecule has 2 fully saturated rings. The highest BCUT2D eigenvalue weighted by atomic mass is 16.5. The number of aryl methyl sites for hydroxylation is 1. The molecular formula is C20H27N3O3. The number of hydrogen-bond acceptors (Lipinski definition) is 4. The van der Waals surface area contributed by atoms with Gasteiger partial charge in [0, 0.05) is 18.5 Å². The Kier molecular flexibility index (Phi) is 4.18. The number of ether oxygens (including phenoxy) is 1. The van der Waals surface area contributed by atoms with Crippen molar-refractivity contribution >= 4 is 17.5 Å². The molecule has 0 bridgehead atoms. The standard InChI is InChI=1S/C20H27N3O3/c1-14-5-6-16-15(11-14)22-18(25)19(2,26-16)17(24)21-12-20(7-8-20)13-23-9-3-4-10-23/h5-6,11H,3-4,7-10,12-13H2,1-2H3,(H,21,24)(H,22,25). The Morgan fingerprint density at radius 2 is 2.04 bits per heavy atom. The average Bonchev–Trinajstić information content (AvgIpc) is 3.17. The number of hydrogen-bond donors (Lipinski definition) is 2. The molecule has 0 spiro atoms. The largest absolute Gasteiger partial charge is 0.466 e. The average molecular weight is 357 g/mol.